The zero-order valence-corrected chi connectivity index (χ0v) is 18.1. The minimum absolute atomic E-state index is 0.235. The van der Waals surface area contributed by atoms with Crippen molar-refractivity contribution in [1.29, 1.82) is 0 Å². The van der Waals surface area contributed by atoms with Gasteiger partial charge in [-0.2, -0.15) is 0 Å². The molecule has 0 aliphatic rings. The van der Waals surface area contributed by atoms with Crippen LogP contribution in [0.25, 0.3) is 11.1 Å². The van der Waals surface area contributed by atoms with Gasteiger partial charge in [-0.25, -0.2) is 0 Å². The summed E-state index contributed by atoms with van der Waals surface area (Å²) in [6.45, 7) is 3.47. The lowest BCUT2D eigenvalue weighted by Gasteiger charge is -2.15. The van der Waals surface area contributed by atoms with Gasteiger partial charge < -0.3 is 14.8 Å². The molecule has 0 fully saturated rings. The Morgan fingerprint density at radius 2 is 1.56 bits per heavy atom. The van der Waals surface area contributed by atoms with E-state index in [1.165, 1.54) is 17.7 Å². The molecule has 3 nitrogen and oxygen atoms in total. The minimum Gasteiger partial charge on any atom is -0.491 e. The molecule has 0 aliphatic heterocycles. The van der Waals surface area contributed by atoms with Crippen LogP contribution in [-0.2, 0) is 6.42 Å². The van der Waals surface area contributed by atoms with Crippen molar-refractivity contribution in [2.45, 2.75) is 39.0 Å². The maximum absolute atomic E-state index is 12.4. The topological polar surface area (TPSA) is 30.5 Å². The highest BCUT2D eigenvalue weighted by atomic mass is 19.4. The summed E-state index contributed by atoms with van der Waals surface area (Å²) in [7, 11) is 0. The summed E-state index contributed by atoms with van der Waals surface area (Å²) >= 11 is 0. The van der Waals surface area contributed by atoms with Crippen LogP contribution in [0.5, 0.6) is 11.5 Å². The molecule has 0 bridgehead atoms. The third kappa shape index (κ3) is 7.52. The van der Waals surface area contributed by atoms with E-state index in [0.29, 0.717) is 6.61 Å². The van der Waals surface area contributed by atoms with E-state index in [1.807, 2.05) is 24.3 Å². The molecule has 170 valence electrons. The number of nitrogens with one attached hydrogen (secondary N) is 1. The normalized spacial score (nSPS) is 11.2. The lowest BCUT2D eigenvalue weighted by atomic mass is 10.0. The fourth-order valence-electron chi connectivity index (χ4n) is 3.36. The first-order valence-corrected chi connectivity index (χ1v) is 10.9. The van der Waals surface area contributed by atoms with E-state index in [0.717, 1.165) is 54.8 Å². The van der Waals surface area contributed by atoms with Crippen LogP contribution in [0, 0.1) is 0 Å². The van der Waals surface area contributed by atoms with Crippen LogP contribution < -0.4 is 14.8 Å². The molecule has 0 aromatic heterocycles. The van der Waals surface area contributed by atoms with Crippen molar-refractivity contribution in [1.82, 2.24) is 0 Å². The van der Waals surface area contributed by atoms with Crippen molar-refractivity contribution in [2.24, 2.45) is 0 Å². The van der Waals surface area contributed by atoms with Gasteiger partial charge in [0.25, 0.3) is 0 Å². The maximum atomic E-state index is 12.4. The first-order valence-electron chi connectivity index (χ1n) is 10.9. The molecule has 0 saturated carbocycles. The highest BCUT2D eigenvalue weighted by Crippen LogP contribution is 2.32. The number of anilines is 1. The zero-order chi connectivity index (χ0) is 22.8. The molecule has 32 heavy (non-hydrogen) atoms. The average molecular weight is 444 g/mol. The quantitative estimate of drug-likeness (QED) is 0.312. The predicted octanol–water partition coefficient (Wildman–Crippen LogP) is 7.48. The summed E-state index contributed by atoms with van der Waals surface area (Å²) in [6.07, 6.45) is -0.678. The first kappa shape index (κ1) is 23.5. The Bertz CT molecular complexity index is 957. The fourth-order valence-corrected chi connectivity index (χ4v) is 3.36. The van der Waals surface area contributed by atoms with E-state index in [4.69, 9.17) is 4.74 Å². The van der Waals surface area contributed by atoms with Crippen molar-refractivity contribution in [3.8, 4) is 22.6 Å². The summed E-state index contributed by atoms with van der Waals surface area (Å²) in [5, 5.41) is 3.46. The number of hydrogen-bond donors (Lipinski definition) is 1. The third-order valence-corrected chi connectivity index (χ3v) is 4.91. The molecule has 0 aliphatic carbocycles. The zero-order valence-electron chi connectivity index (χ0n) is 18.1. The molecule has 0 unspecified atom stereocenters. The molecule has 0 radical (unpaired) electrons. The van der Waals surface area contributed by atoms with Gasteiger partial charge in [0.1, 0.15) is 11.5 Å². The van der Waals surface area contributed by atoms with Crippen molar-refractivity contribution in [3.63, 3.8) is 0 Å². The number of unbranched alkanes of at least 4 members (excludes halogenated alkanes) is 1. The number of benzene rings is 3. The SMILES string of the molecule is CCCOc1ccc(-c2ccc(OC(F)(F)F)cc2)cc1NCCCCc1ccccc1. The highest BCUT2D eigenvalue weighted by molar-refractivity contribution is 5.72. The van der Waals surface area contributed by atoms with E-state index >= 15 is 0 Å². The second-order valence-corrected chi connectivity index (χ2v) is 7.50. The van der Waals surface area contributed by atoms with Crippen LogP contribution in [0.1, 0.15) is 31.7 Å². The Kier molecular flexibility index (Phi) is 8.42. The number of halogens is 3. The van der Waals surface area contributed by atoms with Gasteiger partial charge >= 0.3 is 6.36 Å². The third-order valence-electron chi connectivity index (χ3n) is 4.91. The highest BCUT2D eigenvalue weighted by Gasteiger charge is 2.30. The number of aryl methyl sites for hydroxylation is 1. The molecule has 0 atom stereocenters. The van der Waals surface area contributed by atoms with Gasteiger partial charge in [-0.15, -0.1) is 13.2 Å². The Morgan fingerprint density at radius 1 is 0.844 bits per heavy atom. The summed E-state index contributed by atoms with van der Waals surface area (Å²) in [6, 6.07) is 22.1. The largest absolute Gasteiger partial charge is 0.573 e. The van der Waals surface area contributed by atoms with Gasteiger partial charge in [-0.1, -0.05) is 55.5 Å². The molecule has 0 amide bonds. The Labute approximate surface area is 187 Å². The second kappa shape index (κ2) is 11.5. The van der Waals surface area contributed by atoms with Gasteiger partial charge in [0.2, 0.25) is 0 Å². The van der Waals surface area contributed by atoms with Crippen molar-refractivity contribution < 1.29 is 22.6 Å². The molecular formula is C26H28F3NO2. The summed E-state index contributed by atoms with van der Waals surface area (Å²) in [4.78, 5) is 0. The molecule has 0 heterocycles. The van der Waals surface area contributed by atoms with Crippen LogP contribution in [-0.4, -0.2) is 19.5 Å². The van der Waals surface area contributed by atoms with E-state index in [-0.39, 0.29) is 5.75 Å². The van der Waals surface area contributed by atoms with Crippen LogP contribution >= 0.6 is 0 Å². The molecule has 3 rings (SSSR count). The van der Waals surface area contributed by atoms with Crippen LogP contribution in [0.3, 0.4) is 0 Å². The lowest BCUT2D eigenvalue weighted by Crippen LogP contribution is -2.16. The van der Waals surface area contributed by atoms with Crippen molar-refractivity contribution >= 4 is 5.69 Å². The van der Waals surface area contributed by atoms with E-state index in [2.05, 4.69) is 41.2 Å². The van der Waals surface area contributed by atoms with Gasteiger partial charge in [0, 0.05) is 6.54 Å². The van der Waals surface area contributed by atoms with Gasteiger partial charge in [0.05, 0.1) is 12.3 Å². The number of alkyl halides is 3. The average Bonchev–Trinajstić information content (AvgIpc) is 2.78. The molecule has 3 aromatic rings. The van der Waals surface area contributed by atoms with Crippen LogP contribution in [0.4, 0.5) is 18.9 Å². The molecule has 1 N–H and O–H groups in total. The Morgan fingerprint density at radius 3 is 2.25 bits per heavy atom. The standard InChI is InChI=1S/C26H28F3NO2/c1-2-18-31-25-16-13-22(21-11-14-23(15-12-21)32-26(27,28)29)19-24(25)30-17-7-6-10-20-8-4-3-5-9-20/h3-5,8-9,11-16,19,30H,2,6-7,10,17-18H2,1H3. The van der Waals surface area contributed by atoms with E-state index in [1.54, 1.807) is 12.1 Å². The summed E-state index contributed by atoms with van der Waals surface area (Å²) in [5.74, 6) is 0.539. The monoisotopic (exact) mass is 443 g/mol. The first-order chi connectivity index (χ1) is 15.4. The number of ether oxygens (including phenoxy) is 2. The molecule has 6 heteroatoms. The maximum Gasteiger partial charge on any atom is 0.573 e. The Balaban J connectivity index is 1.64. The van der Waals surface area contributed by atoms with Crippen molar-refractivity contribution in [2.75, 3.05) is 18.5 Å². The molecule has 0 saturated heterocycles. The Hall–Kier alpha value is -3.15. The van der Waals surface area contributed by atoms with E-state index < -0.39 is 6.36 Å². The smallest absolute Gasteiger partial charge is 0.491 e. The van der Waals surface area contributed by atoms with Crippen LogP contribution in [0.15, 0.2) is 72.8 Å². The second-order valence-electron chi connectivity index (χ2n) is 7.50. The minimum atomic E-state index is -4.70. The van der Waals surface area contributed by atoms with E-state index in [9.17, 15) is 13.2 Å². The fraction of sp³-hybridized carbons (Fsp3) is 0.308. The number of hydrogen-bond acceptors (Lipinski definition) is 3. The molecular weight excluding hydrogens is 415 g/mol. The van der Waals surface area contributed by atoms with Gasteiger partial charge in [0.15, 0.2) is 0 Å². The number of rotatable bonds is 11. The lowest BCUT2D eigenvalue weighted by molar-refractivity contribution is -0.274. The molecule has 0 spiro atoms. The summed E-state index contributed by atoms with van der Waals surface area (Å²) in [5.41, 5.74) is 3.90. The predicted molar refractivity (Wildman–Crippen MR) is 122 cm³/mol. The van der Waals surface area contributed by atoms with Crippen LogP contribution in [0.2, 0.25) is 0 Å². The molecule has 3 aromatic carbocycles. The van der Waals surface area contributed by atoms with Gasteiger partial charge in [-0.05, 0) is 66.6 Å². The van der Waals surface area contributed by atoms with Gasteiger partial charge in [-0.3, -0.25) is 0 Å². The van der Waals surface area contributed by atoms with Crippen molar-refractivity contribution in [3.05, 3.63) is 78.4 Å². The summed E-state index contributed by atoms with van der Waals surface area (Å²) < 4.78 is 47.0.